The zero-order valence-electron chi connectivity index (χ0n) is 11.8. The highest BCUT2D eigenvalue weighted by Gasteiger charge is 2.49. The molecule has 0 aromatic rings. The van der Waals surface area contributed by atoms with Crippen LogP contribution in [-0.2, 0) is 38.1 Å². The zero-order chi connectivity index (χ0) is 15.3. The molecule has 1 heterocycles. The summed E-state index contributed by atoms with van der Waals surface area (Å²) in [6.45, 7) is 3.58. The highest BCUT2D eigenvalue weighted by Crippen LogP contribution is 2.27. The van der Waals surface area contributed by atoms with E-state index in [4.69, 9.17) is 23.7 Å². The van der Waals surface area contributed by atoms with Crippen molar-refractivity contribution in [3.63, 3.8) is 0 Å². The van der Waals surface area contributed by atoms with Crippen molar-refractivity contribution in [3.05, 3.63) is 0 Å². The molecular formula is C12H18O8. The second kappa shape index (κ2) is 7.20. The summed E-state index contributed by atoms with van der Waals surface area (Å²) in [7, 11) is 1.39. The summed E-state index contributed by atoms with van der Waals surface area (Å²) in [5.74, 6) is -1.63. The fourth-order valence-electron chi connectivity index (χ4n) is 1.89. The van der Waals surface area contributed by atoms with E-state index >= 15 is 0 Å². The van der Waals surface area contributed by atoms with Crippen molar-refractivity contribution >= 4 is 17.9 Å². The maximum Gasteiger partial charge on any atom is 0.305 e. The highest BCUT2D eigenvalue weighted by molar-refractivity contribution is 5.67. The van der Waals surface area contributed by atoms with Gasteiger partial charge in [-0.3, -0.25) is 14.4 Å². The number of methoxy groups -OCH3 is 1. The van der Waals surface area contributed by atoms with Gasteiger partial charge < -0.3 is 23.7 Å². The molecule has 1 rings (SSSR count). The van der Waals surface area contributed by atoms with Gasteiger partial charge in [-0.05, 0) is 0 Å². The molecule has 0 aliphatic carbocycles. The lowest BCUT2D eigenvalue weighted by molar-refractivity contribution is -0.197. The topological polar surface area (TPSA) is 97.4 Å². The van der Waals surface area contributed by atoms with Crippen LogP contribution in [0.15, 0.2) is 0 Å². The monoisotopic (exact) mass is 290 g/mol. The second-order valence-corrected chi connectivity index (χ2v) is 4.23. The van der Waals surface area contributed by atoms with Crippen molar-refractivity contribution in [2.75, 3.05) is 13.7 Å². The van der Waals surface area contributed by atoms with E-state index < -0.39 is 42.5 Å². The maximum absolute atomic E-state index is 11.1. The van der Waals surface area contributed by atoms with Gasteiger partial charge >= 0.3 is 17.9 Å². The van der Waals surface area contributed by atoms with Crippen molar-refractivity contribution in [2.24, 2.45) is 0 Å². The Balaban J connectivity index is 2.80. The highest BCUT2D eigenvalue weighted by atomic mass is 16.7. The molecule has 2 unspecified atom stereocenters. The molecule has 0 spiro atoms. The third-order valence-corrected chi connectivity index (χ3v) is 2.57. The fourth-order valence-corrected chi connectivity index (χ4v) is 1.89. The van der Waals surface area contributed by atoms with E-state index in [-0.39, 0.29) is 6.61 Å². The van der Waals surface area contributed by atoms with Crippen molar-refractivity contribution in [1.29, 1.82) is 0 Å². The van der Waals surface area contributed by atoms with Crippen molar-refractivity contribution in [3.8, 4) is 0 Å². The van der Waals surface area contributed by atoms with Gasteiger partial charge in [0, 0.05) is 27.9 Å². The quantitative estimate of drug-likeness (QED) is 0.506. The van der Waals surface area contributed by atoms with Crippen LogP contribution in [0, 0.1) is 0 Å². The summed E-state index contributed by atoms with van der Waals surface area (Å²) in [6, 6.07) is 0. The minimum absolute atomic E-state index is 0.0939. The molecule has 0 radical (unpaired) electrons. The van der Waals surface area contributed by atoms with Crippen LogP contribution in [-0.4, -0.2) is 56.2 Å². The van der Waals surface area contributed by atoms with Crippen molar-refractivity contribution in [2.45, 2.75) is 45.4 Å². The summed E-state index contributed by atoms with van der Waals surface area (Å²) in [5, 5.41) is 0. The normalized spacial score (nSPS) is 28.8. The molecule has 0 saturated carbocycles. The van der Waals surface area contributed by atoms with Crippen LogP contribution < -0.4 is 0 Å². The van der Waals surface area contributed by atoms with Crippen LogP contribution in [0.4, 0.5) is 0 Å². The summed E-state index contributed by atoms with van der Waals surface area (Å²) < 4.78 is 25.4. The Bertz CT molecular complexity index is 380. The van der Waals surface area contributed by atoms with Crippen molar-refractivity contribution in [1.82, 2.24) is 0 Å². The van der Waals surface area contributed by atoms with Gasteiger partial charge in [0.25, 0.3) is 0 Å². The van der Waals surface area contributed by atoms with Gasteiger partial charge in [-0.15, -0.1) is 0 Å². The Hall–Kier alpha value is -1.67. The Labute approximate surface area is 116 Å². The smallest absolute Gasteiger partial charge is 0.305 e. The van der Waals surface area contributed by atoms with Crippen molar-refractivity contribution < 1.29 is 38.1 Å². The minimum Gasteiger partial charge on any atom is -0.463 e. The standard InChI is InChI=1S/C12H18O8/c1-6(13)17-5-9-10(16-4)11(18-7(2)14)12(20-9)19-8(3)15/h9-12H,5H2,1-4H3/t9-,10+,11?,12?/m1/s1. The molecule has 0 bridgehead atoms. The molecule has 1 aliphatic heterocycles. The lowest BCUT2D eigenvalue weighted by Crippen LogP contribution is -2.40. The Kier molecular flexibility index (Phi) is 5.90. The Morgan fingerprint density at radius 3 is 2.00 bits per heavy atom. The average molecular weight is 290 g/mol. The summed E-state index contributed by atoms with van der Waals surface area (Å²) in [5.41, 5.74) is 0. The van der Waals surface area contributed by atoms with Crippen LogP contribution in [0.5, 0.6) is 0 Å². The first-order valence-electron chi connectivity index (χ1n) is 6.01. The van der Waals surface area contributed by atoms with Gasteiger partial charge in [0.2, 0.25) is 6.29 Å². The Morgan fingerprint density at radius 1 is 0.950 bits per heavy atom. The Morgan fingerprint density at radius 2 is 1.55 bits per heavy atom. The SMILES string of the molecule is CO[C@@H]1C(OC(C)=O)C(OC(C)=O)O[C@@H]1COC(C)=O. The molecule has 4 atom stereocenters. The second-order valence-electron chi connectivity index (χ2n) is 4.23. The number of hydrogen-bond donors (Lipinski definition) is 0. The molecule has 8 nitrogen and oxygen atoms in total. The molecule has 8 heteroatoms. The molecule has 0 aromatic heterocycles. The third kappa shape index (κ3) is 4.46. The van der Waals surface area contributed by atoms with Crippen LogP contribution in [0.2, 0.25) is 0 Å². The van der Waals surface area contributed by atoms with Gasteiger partial charge in [0.05, 0.1) is 0 Å². The van der Waals surface area contributed by atoms with E-state index in [0.717, 1.165) is 0 Å². The molecule has 1 fully saturated rings. The van der Waals surface area contributed by atoms with Crippen LogP contribution in [0.25, 0.3) is 0 Å². The van der Waals surface area contributed by atoms with Gasteiger partial charge in [-0.25, -0.2) is 0 Å². The third-order valence-electron chi connectivity index (χ3n) is 2.57. The summed E-state index contributed by atoms with van der Waals surface area (Å²) >= 11 is 0. The van der Waals surface area contributed by atoms with E-state index in [9.17, 15) is 14.4 Å². The maximum atomic E-state index is 11.1. The number of esters is 3. The van der Waals surface area contributed by atoms with E-state index in [1.54, 1.807) is 0 Å². The van der Waals surface area contributed by atoms with Gasteiger partial charge in [-0.2, -0.15) is 0 Å². The van der Waals surface area contributed by atoms with Gasteiger partial charge in [0.1, 0.15) is 18.8 Å². The number of carbonyl (C=O) groups is 3. The first-order chi connectivity index (χ1) is 9.35. The lowest BCUT2D eigenvalue weighted by atomic mass is 10.1. The van der Waals surface area contributed by atoms with E-state index in [2.05, 4.69) is 0 Å². The van der Waals surface area contributed by atoms with Crippen LogP contribution >= 0.6 is 0 Å². The largest absolute Gasteiger partial charge is 0.463 e. The zero-order valence-corrected chi connectivity index (χ0v) is 11.8. The summed E-state index contributed by atoms with van der Waals surface area (Å²) in [6.07, 6.45) is -3.41. The van der Waals surface area contributed by atoms with Crippen LogP contribution in [0.3, 0.4) is 0 Å². The number of ether oxygens (including phenoxy) is 5. The number of rotatable bonds is 5. The molecule has 1 saturated heterocycles. The van der Waals surface area contributed by atoms with E-state index in [1.807, 2.05) is 0 Å². The minimum atomic E-state index is -1.10. The molecule has 0 N–H and O–H groups in total. The lowest BCUT2D eigenvalue weighted by Gasteiger charge is -2.21. The fraction of sp³-hybridized carbons (Fsp3) is 0.750. The predicted octanol–water partition coefficient (Wildman–Crippen LogP) is -0.216. The van der Waals surface area contributed by atoms with E-state index in [0.29, 0.717) is 0 Å². The van der Waals surface area contributed by atoms with Gasteiger partial charge in [-0.1, -0.05) is 0 Å². The first kappa shape index (κ1) is 16.4. The molecular weight excluding hydrogens is 272 g/mol. The first-order valence-corrected chi connectivity index (χ1v) is 6.01. The van der Waals surface area contributed by atoms with Crippen LogP contribution in [0.1, 0.15) is 20.8 Å². The number of carbonyl (C=O) groups excluding carboxylic acids is 3. The van der Waals surface area contributed by atoms with E-state index in [1.165, 1.54) is 27.9 Å². The molecule has 1 aliphatic rings. The summed E-state index contributed by atoms with van der Waals surface area (Å²) in [4.78, 5) is 33.0. The molecule has 0 amide bonds. The average Bonchev–Trinajstić information content (AvgIpc) is 2.62. The van der Waals surface area contributed by atoms with Gasteiger partial charge in [0.15, 0.2) is 6.10 Å². The predicted molar refractivity (Wildman–Crippen MR) is 63.4 cm³/mol. The molecule has 0 aromatic carbocycles. The number of hydrogen-bond acceptors (Lipinski definition) is 8. The molecule has 20 heavy (non-hydrogen) atoms. The molecule has 114 valence electrons.